The van der Waals surface area contributed by atoms with Crippen LogP contribution in [0.3, 0.4) is 0 Å². The highest BCUT2D eigenvalue weighted by molar-refractivity contribution is 6.03. The Morgan fingerprint density at radius 2 is 1.59 bits per heavy atom. The molecule has 0 fully saturated rings. The summed E-state index contributed by atoms with van der Waals surface area (Å²) in [5, 5.41) is 3.82. The van der Waals surface area contributed by atoms with E-state index in [1.807, 2.05) is 54.6 Å². The molecule has 2 heterocycles. The summed E-state index contributed by atoms with van der Waals surface area (Å²) in [6, 6.07) is 17.1. The van der Waals surface area contributed by atoms with Crippen LogP contribution in [0.4, 0.5) is 0 Å². The number of hydrogen-bond donors (Lipinski definition) is 1. The Kier molecular flexibility index (Phi) is 2.56. The molecule has 4 rings (SSSR count). The van der Waals surface area contributed by atoms with Crippen LogP contribution >= 0.6 is 0 Å². The maximum atomic E-state index is 12.5. The average molecular weight is 291 g/mol. The summed E-state index contributed by atoms with van der Waals surface area (Å²) in [5.74, 6) is 0. The molecule has 0 aliphatic carbocycles. The highest BCUT2D eigenvalue weighted by Crippen LogP contribution is 2.22. The number of hydrogen-bond acceptors (Lipinski definition) is 2. The smallest absolute Gasteiger partial charge is 0.277 e. The number of aryl methyl sites for hydroxylation is 1. The second kappa shape index (κ2) is 4.46. The van der Waals surface area contributed by atoms with Crippen molar-refractivity contribution in [1.29, 1.82) is 0 Å². The molecular weight excluding hydrogens is 278 g/mol. The fourth-order valence-electron chi connectivity index (χ4n) is 2.90. The van der Waals surface area contributed by atoms with E-state index >= 15 is 0 Å². The largest absolute Gasteiger partial charge is 0.311 e. The van der Waals surface area contributed by atoms with Crippen LogP contribution in [0.15, 0.2) is 64.2 Å². The lowest BCUT2D eigenvalue weighted by Crippen LogP contribution is -2.21. The number of nitrogens with one attached hydrogen (secondary N) is 1. The highest BCUT2D eigenvalue weighted by Gasteiger charge is 2.17. The number of rotatable bonds is 1. The Balaban J connectivity index is 2.32. The molecule has 1 N–H and O–H groups in total. The monoisotopic (exact) mass is 291 g/mol. The van der Waals surface area contributed by atoms with E-state index in [1.165, 1.54) is 4.57 Å². The summed E-state index contributed by atoms with van der Waals surface area (Å²) < 4.78 is 3.20. The summed E-state index contributed by atoms with van der Waals surface area (Å²) in [7, 11) is 1.68. The molecule has 0 bridgehead atoms. The number of nitrogens with zero attached hydrogens (tertiary/aromatic N) is 2. The molecule has 5 heteroatoms. The number of fused-ring (bicyclic) bond motifs is 3. The van der Waals surface area contributed by atoms with E-state index in [2.05, 4.69) is 5.10 Å². The van der Waals surface area contributed by atoms with Gasteiger partial charge in [-0.15, -0.1) is 0 Å². The lowest BCUT2D eigenvalue weighted by atomic mass is 10.1. The van der Waals surface area contributed by atoms with Crippen molar-refractivity contribution in [2.24, 2.45) is 7.05 Å². The lowest BCUT2D eigenvalue weighted by molar-refractivity contribution is 0.893. The van der Waals surface area contributed by atoms with Crippen LogP contribution in [0.1, 0.15) is 0 Å². The third-order valence-electron chi connectivity index (χ3n) is 3.95. The zero-order chi connectivity index (χ0) is 15.3. The third-order valence-corrected chi connectivity index (χ3v) is 3.95. The van der Waals surface area contributed by atoms with Crippen molar-refractivity contribution in [2.75, 3.05) is 0 Å². The van der Waals surface area contributed by atoms with E-state index in [-0.39, 0.29) is 16.5 Å². The van der Waals surface area contributed by atoms with Gasteiger partial charge in [-0.3, -0.25) is 19.4 Å². The van der Waals surface area contributed by atoms with Gasteiger partial charge in [0.2, 0.25) is 0 Å². The number of benzene rings is 2. The molecule has 0 radical (unpaired) electrons. The first-order chi connectivity index (χ1) is 10.7. The molecule has 0 aliphatic rings. The SMILES string of the molecule is Cn1c(=O)c2c(=O)[nH]n(-c3ccccc3)c2c2ccccc21. The van der Waals surface area contributed by atoms with Crippen molar-refractivity contribution in [2.45, 2.75) is 0 Å². The second-order valence-corrected chi connectivity index (χ2v) is 5.22. The molecule has 108 valence electrons. The summed E-state index contributed by atoms with van der Waals surface area (Å²) in [4.78, 5) is 24.8. The van der Waals surface area contributed by atoms with Gasteiger partial charge in [0, 0.05) is 12.4 Å². The van der Waals surface area contributed by atoms with E-state index in [0.29, 0.717) is 5.52 Å². The maximum absolute atomic E-state index is 12.5. The summed E-state index contributed by atoms with van der Waals surface area (Å²) in [5.41, 5.74) is 1.57. The molecule has 2 aromatic heterocycles. The summed E-state index contributed by atoms with van der Waals surface area (Å²) in [6.45, 7) is 0. The first-order valence-electron chi connectivity index (χ1n) is 6.96. The van der Waals surface area contributed by atoms with Crippen molar-refractivity contribution < 1.29 is 0 Å². The summed E-state index contributed by atoms with van der Waals surface area (Å²) >= 11 is 0. The van der Waals surface area contributed by atoms with Crippen molar-refractivity contribution >= 4 is 21.8 Å². The van der Waals surface area contributed by atoms with Gasteiger partial charge >= 0.3 is 0 Å². The molecule has 4 aromatic rings. The van der Waals surface area contributed by atoms with Gasteiger partial charge in [-0.2, -0.15) is 0 Å². The van der Waals surface area contributed by atoms with Crippen LogP contribution < -0.4 is 11.1 Å². The first kappa shape index (κ1) is 12.6. The zero-order valence-corrected chi connectivity index (χ0v) is 11.9. The van der Waals surface area contributed by atoms with E-state index in [1.54, 1.807) is 11.7 Å². The fraction of sp³-hybridized carbons (Fsp3) is 0.0588. The standard InChI is InChI=1S/C17H13N3O2/c1-19-13-10-6-5-9-12(13)15-14(17(19)22)16(21)18-20(15)11-7-3-2-4-8-11/h2-10H,1H3,(H,18,21). The van der Waals surface area contributed by atoms with Gasteiger partial charge in [-0.25, -0.2) is 0 Å². The Bertz CT molecular complexity index is 1120. The van der Waals surface area contributed by atoms with Gasteiger partial charge < -0.3 is 4.57 Å². The highest BCUT2D eigenvalue weighted by atomic mass is 16.1. The summed E-state index contributed by atoms with van der Waals surface area (Å²) in [6.07, 6.45) is 0. The van der Waals surface area contributed by atoms with Crippen LogP contribution in [0.5, 0.6) is 0 Å². The van der Waals surface area contributed by atoms with Crippen LogP contribution in [0.2, 0.25) is 0 Å². The van der Waals surface area contributed by atoms with Gasteiger partial charge in [0.15, 0.2) is 0 Å². The van der Waals surface area contributed by atoms with Crippen molar-refractivity contribution in [3.63, 3.8) is 0 Å². The maximum Gasteiger partial charge on any atom is 0.277 e. The quantitative estimate of drug-likeness (QED) is 0.584. The minimum absolute atomic E-state index is 0.185. The number of H-pyrrole nitrogens is 1. The van der Waals surface area contributed by atoms with Crippen molar-refractivity contribution in [1.82, 2.24) is 14.3 Å². The van der Waals surface area contributed by atoms with E-state index in [0.717, 1.165) is 16.6 Å². The molecule has 2 aromatic carbocycles. The third kappa shape index (κ3) is 1.59. The fourth-order valence-corrected chi connectivity index (χ4v) is 2.90. The van der Waals surface area contributed by atoms with Gasteiger partial charge in [0.05, 0.1) is 16.7 Å². The topological polar surface area (TPSA) is 59.8 Å². The minimum atomic E-state index is -0.370. The van der Waals surface area contributed by atoms with E-state index in [9.17, 15) is 9.59 Å². The van der Waals surface area contributed by atoms with Crippen molar-refractivity contribution in [3.05, 3.63) is 75.3 Å². The van der Waals surface area contributed by atoms with Gasteiger partial charge in [0.25, 0.3) is 11.1 Å². The molecule has 0 unspecified atom stereocenters. The Labute approximate surface area is 125 Å². The van der Waals surface area contributed by atoms with Crippen LogP contribution in [-0.2, 0) is 7.05 Å². The molecule has 0 saturated carbocycles. The van der Waals surface area contributed by atoms with Crippen LogP contribution in [-0.4, -0.2) is 14.3 Å². The predicted molar refractivity (Wildman–Crippen MR) is 86.6 cm³/mol. The minimum Gasteiger partial charge on any atom is -0.311 e. The molecule has 0 aliphatic heterocycles. The Morgan fingerprint density at radius 3 is 2.36 bits per heavy atom. The average Bonchev–Trinajstić information content (AvgIpc) is 2.91. The predicted octanol–water partition coefficient (Wildman–Crippen LogP) is 2.17. The number of pyridine rings is 1. The Morgan fingerprint density at radius 1 is 0.909 bits per heavy atom. The van der Waals surface area contributed by atoms with E-state index in [4.69, 9.17) is 0 Å². The lowest BCUT2D eigenvalue weighted by Gasteiger charge is -2.09. The van der Waals surface area contributed by atoms with Gasteiger partial charge in [-0.05, 0) is 18.2 Å². The molecule has 0 spiro atoms. The molecule has 5 nitrogen and oxygen atoms in total. The second-order valence-electron chi connectivity index (χ2n) is 5.22. The molecule has 0 saturated heterocycles. The van der Waals surface area contributed by atoms with Gasteiger partial charge in [-0.1, -0.05) is 36.4 Å². The normalized spacial score (nSPS) is 11.3. The number of aromatic nitrogens is 3. The van der Waals surface area contributed by atoms with Crippen LogP contribution in [0, 0.1) is 0 Å². The molecule has 0 atom stereocenters. The first-order valence-corrected chi connectivity index (χ1v) is 6.96. The van der Waals surface area contributed by atoms with Crippen molar-refractivity contribution in [3.8, 4) is 5.69 Å². The molecule has 0 amide bonds. The van der Waals surface area contributed by atoms with E-state index < -0.39 is 0 Å². The Hall–Kier alpha value is -3.08. The number of para-hydroxylation sites is 2. The molecule has 22 heavy (non-hydrogen) atoms. The van der Waals surface area contributed by atoms with Gasteiger partial charge in [0.1, 0.15) is 5.39 Å². The number of aromatic amines is 1. The van der Waals surface area contributed by atoms with Crippen LogP contribution in [0.25, 0.3) is 27.5 Å². The molecular formula is C17H13N3O2. The zero-order valence-electron chi connectivity index (χ0n) is 11.9.